The van der Waals surface area contributed by atoms with Gasteiger partial charge in [-0.05, 0) is 25.3 Å². The van der Waals surface area contributed by atoms with Crippen molar-refractivity contribution in [3.8, 4) is 5.75 Å². The van der Waals surface area contributed by atoms with Crippen LogP contribution >= 0.6 is 11.3 Å². The average molecular weight is 274 g/mol. The number of nitrogens with two attached hydrogens (primary N) is 1. The molecule has 1 unspecified atom stereocenters. The molecule has 2 aromatic rings. The Kier molecular flexibility index (Phi) is 3.53. The van der Waals surface area contributed by atoms with Crippen molar-refractivity contribution in [3.05, 3.63) is 45.4 Å². The zero-order chi connectivity index (χ0) is 13.2. The van der Waals surface area contributed by atoms with Crippen LogP contribution in [0.25, 0.3) is 0 Å². The number of rotatable bonds is 3. The van der Waals surface area contributed by atoms with Crippen molar-refractivity contribution in [2.45, 2.75) is 32.2 Å². The van der Waals surface area contributed by atoms with Crippen LogP contribution in [0.1, 0.15) is 34.3 Å². The Morgan fingerprint density at radius 2 is 2.37 bits per heavy atom. The van der Waals surface area contributed by atoms with E-state index in [-0.39, 0.29) is 6.04 Å². The van der Waals surface area contributed by atoms with Gasteiger partial charge in [0.05, 0.1) is 11.6 Å². The van der Waals surface area contributed by atoms with Gasteiger partial charge in [0.15, 0.2) is 0 Å². The van der Waals surface area contributed by atoms with Crippen LogP contribution in [-0.2, 0) is 12.8 Å². The van der Waals surface area contributed by atoms with Crippen molar-refractivity contribution in [1.29, 1.82) is 0 Å². The highest BCUT2D eigenvalue weighted by molar-refractivity contribution is 7.09. The fourth-order valence-corrected chi connectivity index (χ4v) is 3.33. The van der Waals surface area contributed by atoms with Crippen molar-refractivity contribution >= 4 is 11.3 Å². The number of para-hydroxylation sites is 1. The summed E-state index contributed by atoms with van der Waals surface area (Å²) in [5, 5.41) is 3.16. The first-order chi connectivity index (χ1) is 9.24. The van der Waals surface area contributed by atoms with E-state index in [2.05, 4.69) is 28.6 Å². The van der Waals surface area contributed by atoms with E-state index in [9.17, 15) is 0 Å². The van der Waals surface area contributed by atoms with E-state index in [1.54, 1.807) is 11.3 Å². The highest BCUT2D eigenvalue weighted by Crippen LogP contribution is 2.33. The van der Waals surface area contributed by atoms with Gasteiger partial charge in [-0.2, -0.15) is 0 Å². The second kappa shape index (κ2) is 5.31. The molecule has 100 valence electrons. The van der Waals surface area contributed by atoms with E-state index in [1.165, 1.54) is 5.56 Å². The van der Waals surface area contributed by atoms with Gasteiger partial charge in [-0.25, -0.2) is 4.98 Å². The summed E-state index contributed by atoms with van der Waals surface area (Å²) in [5.41, 5.74) is 9.82. The fraction of sp³-hybridized carbons (Fsp3) is 0.400. The first kappa shape index (κ1) is 12.6. The van der Waals surface area contributed by atoms with Crippen LogP contribution in [0.15, 0.2) is 23.6 Å². The van der Waals surface area contributed by atoms with Crippen molar-refractivity contribution in [1.82, 2.24) is 4.98 Å². The van der Waals surface area contributed by atoms with E-state index in [1.807, 2.05) is 6.92 Å². The smallest absolute Gasteiger partial charge is 0.127 e. The third-order valence-electron chi connectivity index (χ3n) is 3.42. The van der Waals surface area contributed by atoms with Crippen LogP contribution in [0, 0.1) is 6.92 Å². The Hall–Kier alpha value is -1.39. The summed E-state index contributed by atoms with van der Waals surface area (Å²) in [5.74, 6) is 1.01. The molecule has 1 atom stereocenters. The van der Waals surface area contributed by atoms with E-state index < -0.39 is 0 Å². The zero-order valence-corrected chi connectivity index (χ0v) is 11.9. The number of benzene rings is 1. The molecular formula is C15H18N2OS. The first-order valence-electron chi connectivity index (χ1n) is 6.65. The van der Waals surface area contributed by atoms with Crippen LogP contribution in [-0.4, -0.2) is 11.6 Å². The van der Waals surface area contributed by atoms with E-state index in [0.29, 0.717) is 0 Å². The van der Waals surface area contributed by atoms with E-state index in [0.717, 1.165) is 47.9 Å². The number of nitrogens with zero attached hydrogens (tertiary/aromatic N) is 1. The summed E-state index contributed by atoms with van der Waals surface area (Å²) in [6, 6.07) is 6.25. The highest BCUT2D eigenvalue weighted by atomic mass is 32.1. The highest BCUT2D eigenvalue weighted by Gasteiger charge is 2.19. The lowest BCUT2D eigenvalue weighted by atomic mass is 9.97. The minimum Gasteiger partial charge on any atom is -0.493 e. The largest absolute Gasteiger partial charge is 0.493 e. The third-order valence-corrected chi connectivity index (χ3v) is 4.41. The SMILES string of the molecule is Cc1csc(CC(N)c2cccc3c2OCCC3)n1. The zero-order valence-electron chi connectivity index (χ0n) is 11.1. The first-order valence-corrected chi connectivity index (χ1v) is 7.53. The number of fused-ring (bicyclic) bond motifs is 1. The Morgan fingerprint density at radius 1 is 1.47 bits per heavy atom. The minimum atomic E-state index is -0.0430. The Labute approximate surface area is 117 Å². The molecule has 0 amide bonds. The summed E-state index contributed by atoms with van der Waals surface area (Å²) in [6.45, 7) is 2.81. The Morgan fingerprint density at radius 3 is 3.16 bits per heavy atom. The number of ether oxygens (including phenoxy) is 1. The summed E-state index contributed by atoms with van der Waals surface area (Å²) in [6.07, 6.45) is 2.96. The molecule has 1 aliphatic rings. The lowest BCUT2D eigenvalue weighted by Gasteiger charge is -2.22. The summed E-state index contributed by atoms with van der Waals surface area (Å²) in [7, 11) is 0. The van der Waals surface area contributed by atoms with E-state index in [4.69, 9.17) is 10.5 Å². The second-order valence-corrected chi connectivity index (χ2v) is 5.92. The molecule has 1 aromatic carbocycles. The van der Waals surface area contributed by atoms with Gasteiger partial charge in [0.1, 0.15) is 5.75 Å². The number of aromatic nitrogens is 1. The molecular weight excluding hydrogens is 256 g/mol. The number of thiazole rings is 1. The second-order valence-electron chi connectivity index (χ2n) is 4.98. The van der Waals surface area contributed by atoms with Crippen molar-refractivity contribution < 1.29 is 4.74 Å². The molecule has 3 rings (SSSR count). The summed E-state index contributed by atoms with van der Waals surface area (Å²) < 4.78 is 5.82. The fourth-order valence-electron chi connectivity index (χ4n) is 2.50. The Balaban J connectivity index is 1.85. The van der Waals surface area contributed by atoms with Crippen LogP contribution in [0.3, 0.4) is 0 Å². The van der Waals surface area contributed by atoms with Gasteiger partial charge in [-0.15, -0.1) is 11.3 Å². The van der Waals surface area contributed by atoms with Crippen molar-refractivity contribution in [2.75, 3.05) is 6.61 Å². The predicted molar refractivity (Wildman–Crippen MR) is 77.7 cm³/mol. The van der Waals surface area contributed by atoms with Gasteiger partial charge in [0, 0.05) is 29.1 Å². The molecule has 0 bridgehead atoms. The lowest BCUT2D eigenvalue weighted by molar-refractivity contribution is 0.283. The summed E-state index contributed by atoms with van der Waals surface area (Å²) in [4.78, 5) is 4.49. The monoisotopic (exact) mass is 274 g/mol. The van der Waals surface area contributed by atoms with Gasteiger partial charge < -0.3 is 10.5 Å². The summed E-state index contributed by atoms with van der Waals surface area (Å²) >= 11 is 1.68. The third kappa shape index (κ3) is 2.65. The Bertz CT molecular complexity index is 579. The molecule has 4 heteroatoms. The predicted octanol–water partition coefficient (Wildman–Crippen LogP) is 3.02. The molecule has 3 nitrogen and oxygen atoms in total. The maximum atomic E-state index is 6.35. The molecule has 0 radical (unpaired) electrons. The quantitative estimate of drug-likeness (QED) is 0.936. The number of hydrogen-bond donors (Lipinski definition) is 1. The lowest BCUT2D eigenvalue weighted by Crippen LogP contribution is -2.18. The van der Waals surface area contributed by atoms with E-state index >= 15 is 0 Å². The van der Waals surface area contributed by atoms with Gasteiger partial charge in [-0.1, -0.05) is 18.2 Å². The van der Waals surface area contributed by atoms with Crippen molar-refractivity contribution in [2.24, 2.45) is 5.73 Å². The normalized spacial score (nSPS) is 15.7. The molecule has 0 saturated carbocycles. The molecule has 1 aromatic heterocycles. The number of aryl methyl sites for hydroxylation is 2. The topological polar surface area (TPSA) is 48.1 Å². The van der Waals surface area contributed by atoms with Gasteiger partial charge in [0.25, 0.3) is 0 Å². The van der Waals surface area contributed by atoms with Gasteiger partial charge >= 0.3 is 0 Å². The number of hydrogen-bond acceptors (Lipinski definition) is 4. The van der Waals surface area contributed by atoms with Crippen LogP contribution in [0.5, 0.6) is 5.75 Å². The molecule has 0 spiro atoms. The standard InChI is InChI=1S/C15H18N2OS/c1-10-9-19-14(17-10)8-13(16)12-6-2-4-11-5-3-7-18-15(11)12/h2,4,6,9,13H,3,5,7-8,16H2,1H3. The molecule has 19 heavy (non-hydrogen) atoms. The molecule has 2 heterocycles. The van der Waals surface area contributed by atoms with Crippen LogP contribution in [0.4, 0.5) is 0 Å². The maximum absolute atomic E-state index is 6.35. The molecule has 0 saturated heterocycles. The average Bonchev–Trinajstić information content (AvgIpc) is 2.83. The van der Waals surface area contributed by atoms with Gasteiger partial charge in [-0.3, -0.25) is 0 Å². The van der Waals surface area contributed by atoms with Crippen LogP contribution < -0.4 is 10.5 Å². The minimum absolute atomic E-state index is 0.0430. The molecule has 1 aliphatic heterocycles. The molecule has 0 aliphatic carbocycles. The van der Waals surface area contributed by atoms with Gasteiger partial charge in [0.2, 0.25) is 0 Å². The van der Waals surface area contributed by atoms with Crippen molar-refractivity contribution in [3.63, 3.8) is 0 Å². The van der Waals surface area contributed by atoms with Crippen LogP contribution in [0.2, 0.25) is 0 Å². The maximum Gasteiger partial charge on any atom is 0.127 e. The molecule has 2 N–H and O–H groups in total. The molecule has 0 fully saturated rings.